The first-order chi connectivity index (χ1) is 9.70. The van der Waals surface area contributed by atoms with Gasteiger partial charge in [-0.15, -0.1) is 0 Å². The lowest BCUT2D eigenvalue weighted by molar-refractivity contribution is 0.207. The number of benzene rings is 1. The van der Waals surface area contributed by atoms with Crippen LogP contribution < -0.4 is 5.32 Å². The zero-order valence-corrected chi connectivity index (χ0v) is 13.4. The summed E-state index contributed by atoms with van der Waals surface area (Å²) in [5.74, 6) is 0.869. The molecule has 0 heterocycles. The standard InChI is InChI=1S/C18H30N2/c1-15-9-7-8-12-17(15)13-20(3)14-18(19-2)16-10-5-4-6-11-16/h7-9,12,16,18-19H,4-6,10-11,13-14H2,1-3H3. The van der Waals surface area contributed by atoms with E-state index in [0.717, 1.165) is 19.0 Å². The van der Waals surface area contributed by atoms with Gasteiger partial charge in [0.25, 0.3) is 0 Å². The van der Waals surface area contributed by atoms with Gasteiger partial charge < -0.3 is 10.2 Å². The molecule has 2 nitrogen and oxygen atoms in total. The highest BCUT2D eigenvalue weighted by atomic mass is 15.1. The lowest BCUT2D eigenvalue weighted by atomic mass is 9.83. The molecular formula is C18H30N2. The molecule has 0 spiro atoms. The molecule has 1 atom stereocenters. The van der Waals surface area contributed by atoms with Gasteiger partial charge in [-0.2, -0.15) is 0 Å². The van der Waals surface area contributed by atoms with Crippen LogP contribution in [0.2, 0.25) is 0 Å². The van der Waals surface area contributed by atoms with E-state index in [1.165, 1.54) is 43.2 Å². The Labute approximate surface area is 124 Å². The van der Waals surface area contributed by atoms with Crippen molar-refractivity contribution in [1.82, 2.24) is 10.2 Å². The minimum atomic E-state index is 0.643. The van der Waals surface area contributed by atoms with E-state index in [-0.39, 0.29) is 0 Å². The van der Waals surface area contributed by atoms with Gasteiger partial charge in [-0.05, 0) is 50.9 Å². The molecule has 1 unspecified atom stereocenters. The number of aryl methyl sites for hydroxylation is 1. The Bertz CT molecular complexity index is 396. The molecule has 0 bridgehead atoms. The Morgan fingerprint density at radius 3 is 2.55 bits per heavy atom. The fraction of sp³-hybridized carbons (Fsp3) is 0.667. The number of nitrogens with one attached hydrogen (secondary N) is 1. The van der Waals surface area contributed by atoms with E-state index < -0.39 is 0 Å². The molecule has 0 amide bonds. The van der Waals surface area contributed by atoms with Crippen LogP contribution in [-0.2, 0) is 6.54 Å². The molecular weight excluding hydrogens is 244 g/mol. The molecule has 2 rings (SSSR count). The third kappa shape index (κ3) is 4.32. The monoisotopic (exact) mass is 274 g/mol. The summed E-state index contributed by atoms with van der Waals surface area (Å²) in [6.07, 6.45) is 7.09. The summed E-state index contributed by atoms with van der Waals surface area (Å²) in [5, 5.41) is 3.56. The van der Waals surface area contributed by atoms with Crippen molar-refractivity contribution in [3.8, 4) is 0 Å². The smallest absolute Gasteiger partial charge is 0.0233 e. The van der Waals surface area contributed by atoms with E-state index in [1.807, 2.05) is 0 Å². The van der Waals surface area contributed by atoms with Gasteiger partial charge >= 0.3 is 0 Å². The first-order valence-electron chi connectivity index (χ1n) is 8.11. The summed E-state index contributed by atoms with van der Waals surface area (Å²) in [7, 11) is 4.38. The van der Waals surface area contributed by atoms with Crippen LogP contribution >= 0.6 is 0 Å². The van der Waals surface area contributed by atoms with Gasteiger partial charge in [0.2, 0.25) is 0 Å². The Morgan fingerprint density at radius 1 is 1.20 bits per heavy atom. The summed E-state index contributed by atoms with van der Waals surface area (Å²) in [5.41, 5.74) is 2.85. The van der Waals surface area contributed by atoms with Crippen molar-refractivity contribution in [3.05, 3.63) is 35.4 Å². The second kappa shape index (κ2) is 7.80. The Kier molecular flexibility index (Phi) is 6.06. The van der Waals surface area contributed by atoms with Crippen LogP contribution in [0.5, 0.6) is 0 Å². The van der Waals surface area contributed by atoms with Crippen LogP contribution in [0.25, 0.3) is 0 Å². The van der Waals surface area contributed by atoms with Crippen LogP contribution in [0, 0.1) is 12.8 Å². The van der Waals surface area contributed by atoms with Crippen LogP contribution in [0.15, 0.2) is 24.3 Å². The van der Waals surface area contributed by atoms with Crippen LogP contribution in [0.4, 0.5) is 0 Å². The Morgan fingerprint density at radius 2 is 1.90 bits per heavy atom. The highest BCUT2D eigenvalue weighted by Gasteiger charge is 2.23. The molecule has 1 aromatic carbocycles. The van der Waals surface area contributed by atoms with Crippen molar-refractivity contribution in [2.75, 3.05) is 20.6 Å². The molecule has 1 aliphatic rings. The number of rotatable bonds is 6. The van der Waals surface area contributed by atoms with Crippen LogP contribution in [0.3, 0.4) is 0 Å². The second-order valence-corrected chi connectivity index (χ2v) is 6.42. The molecule has 1 aliphatic carbocycles. The van der Waals surface area contributed by atoms with Crippen molar-refractivity contribution >= 4 is 0 Å². The van der Waals surface area contributed by atoms with E-state index in [4.69, 9.17) is 0 Å². The highest BCUT2D eigenvalue weighted by molar-refractivity contribution is 5.25. The largest absolute Gasteiger partial charge is 0.315 e. The second-order valence-electron chi connectivity index (χ2n) is 6.42. The topological polar surface area (TPSA) is 15.3 Å². The minimum Gasteiger partial charge on any atom is -0.315 e. The molecule has 1 aromatic rings. The van der Waals surface area contributed by atoms with E-state index in [2.05, 4.69) is 55.5 Å². The van der Waals surface area contributed by atoms with Gasteiger partial charge in [-0.1, -0.05) is 43.5 Å². The third-order valence-electron chi connectivity index (χ3n) is 4.80. The van der Waals surface area contributed by atoms with Gasteiger partial charge in [0, 0.05) is 19.1 Å². The molecule has 0 aliphatic heterocycles. The summed E-state index contributed by atoms with van der Waals surface area (Å²) in [4.78, 5) is 2.47. The molecule has 1 N–H and O–H groups in total. The van der Waals surface area contributed by atoms with Gasteiger partial charge in [0.1, 0.15) is 0 Å². The number of nitrogens with zero attached hydrogens (tertiary/aromatic N) is 1. The molecule has 1 saturated carbocycles. The predicted octanol–water partition coefficient (Wildman–Crippen LogP) is 3.60. The maximum Gasteiger partial charge on any atom is 0.0233 e. The molecule has 0 aromatic heterocycles. The molecule has 0 radical (unpaired) electrons. The normalized spacial score (nSPS) is 18.4. The summed E-state index contributed by atoms with van der Waals surface area (Å²) < 4.78 is 0. The lowest BCUT2D eigenvalue weighted by Crippen LogP contribution is -2.43. The van der Waals surface area contributed by atoms with Crippen molar-refractivity contribution in [3.63, 3.8) is 0 Å². The minimum absolute atomic E-state index is 0.643. The van der Waals surface area contributed by atoms with Gasteiger partial charge in [0.05, 0.1) is 0 Å². The van der Waals surface area contributed by atoms with Crippen molar-refractivity contribution in [2.45, 2.75) is 51.6 Å². The highest BCUT2D eigenvalue weighted by Crippen LogP contribution is 2.26. The molecule has 0 saturated heterocycles. The molecule has 1 fully saturated rings. The number of hydrogen-bond donors (Lipinski definition) is 1. The Balaban J connectivity index is 1.88. The first-order valence-corrected chi connectivity index (χ1v) is 8.11. The van der Waals surface area contributed by atoms with Crippen LogP contribution in [-0.4, -0.2) is 31.6 Å². The number of likely N-dealkylation sites (N-methyl/N-ethyl adjacent to an activating group) is 2. The van der Waals surface area contributed by atoms with Crippen molar-refractivity contribution < 1.29 is 0 Å². The third-order valence-corrected chi connectivity index (χ3v) is 4.80. The Hall–Kier alpha value is -0.860. The van der Waals surface area contributed by atoms with Gasteiger partial charge in [0.15, 0.2) is 0 Å². The quantitative estimate of drug-likeness (QED) is 0.853. The van der Waals surface area contributed by atoms with Gasteiger partial charge in [-0.3, -0.25) is 0 Å². The van der Waals surface area contributed by atoms with Gasteiger partial charge in [-0.25, -0.2) is 0 Å². The van der Waals surface area contributed by atoms with Crippen molar-refractivity contribution in [1.29, 1.82) is 0 Å². The average molecular weight is 274 g/mol. The SMILES string of the molecule is CNC(CN(C)Cc1ccccc1C)C1CCCCC1. The summed E-state index contributed by atoms with van der Waals surface area (Å²) in [6.45, 7) is 4.41. The van der Waals surface area contributed by atoms with E-state index in [9.17, 15) is 0 Å². The average Bonchev–Trinajstić information content (AvgIpc) is 2.48. The zero-order valence-electron chi connectivity index (χ0n) is 13.4. The maximum atomic E-state index is 3.56. The van der Waals surface area contributed by atoms with E-state index >= 15 is 0 Å². The lowest BCUT2D eigenvalue weighted by Gasteiger charge is -2.33. The predicted molar refractivity (Wildman–Crippen MR) is 86.9 cm³/mol. The van der Waals surface area contributed by atoms with Crippen molar-refractivity contribution in [2.24, 2.45) is 5.92 Å². The summed E-state index contributed by atoms with van der Waals surface area (Å²) in [6, 6.07) is 9.37. The van der Waals surface area contributed by atoms with E-state index in [1.54, 1.807) is 0 Å². The summed E-state index contributed by atoms with van der Waals surface area (Å²) >= 11 is 0. The maximum absolute atomic E-state index is 3.56. The molecule has 112 valence electrons. The molecule has 2 heteroatoms. The number of hydrogen-bond acceptors (Lipinski definition) is 2. The van der Waals surface area contributed by atoms with E-state index in [0.29, 0.717) is 6.04 Å². The first kappa shape index (κ1) is 15.5. The fourth-order valence-electron chi connectivity index (χ4n) is 3.49. The van der Waals surface area contributed by atoms with Crippen LogP contribution in [0.1, 0.15) is 43.2 Å². The molecule has 20 heavy (non-hydrogen) atoms. The zero-order chi connectivity index (χ0) is 14.4. The fourth-order valence-corrected chi connectivity index (χ4v) is 3.49.